The molecule has 2 N–H and O–H groups in total. The molecule has 2 fully saturated rings. The fourth-order valence-electron chi connectivity index (χ4n) is 2.78. The lowest BCUT2D eigenvalue weighted by Crippen LogP contribution is -2.36. The first-order valence-corrected chi connectivity index (χ1v) is 6.96. The Hall–Kier alpha value is -1.17. The first-order chi connectivity index (χ1) is 9.33. The van der Waals surface area contributed by atoms with Crippen LogP contribution in [0.25, 0.3) is 0 Å². The minimum atomic E-state index is 0.476. The van der Waals surface area contributed by atoms with Crippen molar-refractivity contribution in [2.75, 3.05) is 45.3 Å². The van der Waals surface area contributed by atoms with E-state index in [0.717, 1.165) is 58.2 Å². The second kappa shape index (κ2) is 5.86. The molecular weight excluding hydrogens is 242 g/mol. The Morgan fingerprint density at radius 2 is 2.05 bits per heavy atom. The number of anilines is 1. The number of hydrogen-bond acceptors (Lipinski definition) is 5. The van der Waals surface area contributed by atoms with Gasteiger partial charge in [0.05, 0.1) is 25.5 Å². The fraction of sp³-hybridized carbons (Fsp3) is 0.643. The molecule has 5 nitrogen and oxygen atoms in total. The van der Waals surface area contributed by atoms with Crippen LogP contribution >= 0.6 is 0 Å². The van der Waals surface area contributed by atoms with Gasteiger partial charge in [-0.1, -0.05) is 6.07 Å². The molecule has 0 saturated carbocycles. The maximum absolute atomic E-state index is 5.85. The highest BCUT2D eigenvalue weighted by atomic mass is 16.5. The van der Waals surface area contributed by atoms with Crippen LogP contribution in [-0.4, -0.2) is 49.4 Å². The van der Waals surface area contributed by atoms with Crippen molar-refractivity contribution in [3.05, 3.63) is 23.4 Å². The molecule has 1 aromatic rings. The molecule has 1 atom stereocenters. The van der Waals surface area contributed by atoms with Crippen LogP contribution in [0.3, 0.4) is 0 Å². The van der Waals surface area contributed by atoms with Crippen LogP contribution < -0.4 is 5.73 Å². The summed E-state index contributed by atoms with van der Waals surface area (Å²) in [6.07, 6.45) is 1.09. The first-order valence-electron chi connectivity index (χ1n) is 6.96. The zero-order chi connectivity index (χ0) is 13.1. The van der Waals surface area contributed by atoms with E-state index in [1.807, 2.05) is 6.07 Å². The van der Waals surface area contributed by atoms with Gasteiger partial charge in [-0.3, -0.25) is 4.90 Å². The highest BCUT2D eigenvalue weighted by Crippen LogP contribution is 2.28. The van der Waals surface area contributed by atoms with E-state index in [2.05, 4.69) is 16.0 Å². The molecule has 3 rings (SSSR count). The molecule has 0 spiro atoms. The molecule has 2 aliphatic heterocycles. The van der Waals surface area contributed by atoms with Crippen molar-refractivity contribution < 1.29 is 9.47 Å². The SMILES string of the molecule is Nc1ccc(C2CCOC2)c(CN2CCOCC2)n1. The van der Waals surface area contributed by atoms with E-state index in [4.69, 9.17) is 15.2 Å². The Balaban J connectivity index is 1.79. The molecule has 0 bridgehead atoms. The van der Waals surface area contributed by atoms with Gasteiger partial charge in [-0.05, 0) is 18.1 Å². The number of morpholine rings is 1. The number of hydrogen-bond donors (Lipinski definition) is 1. The number of ether oxygens (including phenoxy) is 2. The van der Waals surface area contributed by atoms with Crippen LogP contribution in [0.5, 0.6) is 0 Å². The minimum absolute atomic E-state index is 0.476. The van der Waals surface area contributed by atoms with E-state index < -0.39 is 0 Å². The quantitative estimate of drug-likeness (QED) is 0.881. The van der Waals surface area contributed by atoms with E-state index in [1.54, 1.807) is 0 Å². The smallest absolute Gasteiger partial charge is 0.123 e. The Morgan fingerprint density at radius 3 is 2.79 bits per heavy atom. The van der Waals surface area contributed by atoms with Crippen LogP contribution in [0, 0.1) is 0 Å². The van der Waals surface area contributed by atoms with Crippen molar-refractivity contribution >= 4 is 5.82 Å². The van der Waals surface area contributed by atoms with E-state index in [1.165, 1.54) is 5.56 Å². The Kier molecular flexibility index (Phi) is 3.96. The van der Waals surface area contributed by atoms with Crippen LogP contribution in [0.4, 0.5) is 5.82 Å². The zero-order valence-corrected chi connectivity index (χ0v) is 11.2. The van der Waals surface area contributed by atoms with Gasteiger partial charge in [0.25, 0.3) is 0 Å². The van der Waals surface area contributed by atoms with Crippen LogP contribution in [0.1, 0.15) is 23.6 Å². The molecule has 3 heterocycles. The summed E-state index contributed by atoms with van der Waals surface area (Å²) in [5.41, 5.74) is 8.26. The maximum Gasteiger partial charge on any atom is 0.123 e. The molecule has 1 unspecified atom stereocenters. The molecule has 5 heteroatoms. The molecule has 0 aromatic carbocycles. The summed E-state index contributed by atoms with van der Waals surface area (Å²) in [5, 5.41) is 0. The summed E-state index contributed by atoms with van der Waals surface area (Å²) in [4.78, 5) is 6.93. The monoisotopic (exact) mass is 263 g/mol. The van der Waals surface area contributed by atoms with Gasteiger partial charge < -0.3 is 15.2 Å². The van der Waals surface area contributed by atoms with Crippen molar-refractivity contribution in [3.8, 4) is 0 Å². The van der Waals surface area contributed by atoms with Crippen LogP contribution in [0.2, 0.25) is 0 Å². The third-order valence-corrected chi connectivity index (χ3v) is 3.88. The molecular formula is C14H21N3O2. The number of rotatable bonds is 3. The summed E-state index contributed by atoms with van der Waals surface area (Å²) in [5.74, 6) is 1.08. The largest absolute Gasteiger partial charge is 0.384 e. The number of nitrogens with two attached hydrogens (primary N) is 1. The number of aromatic nitrogens is 1. The molecule has 1 aromatic heterocycles. The summed E-state index contributed by atoms with van der Waals surface area (Å²) < 4.78 is 10.9. The first kappa shape index (κ1) is 12.8. The van der Waals surface area contributed by atoms with Crippen molar-refractivity contribution in [2.24, 2.45) is 0 Å². The normalized spacial score (nSPS) is 24.7. The van der Waals surface area contributed by atoms with Gasteiger partial charge in [0.15, 0.2) is 0 Å². The average Bonchev–Trinajstić information content (AvgIpc) is 2.94. The number of nitrogens with zero attached hydrogens (tertiary/aromatic N) is 2. The predicted octanol–water partition coefficient (Wildman–Crippen LogP) is 1.000. The standard InChI is InChI=1S/C14H21N3O2/c15-14-2-1-12(11-3-6-19-10-11)13(16-14)9-17-4-7-18-8-5-17/h1-2,11H,3-10H2,(H2,15,16). The van der Waals surface area contributed by atoms with E-state index in [9.17, 15) is 0 Å². The average molecular weight is 263 g/mol. The van der Waals surface area contributed by atoms with Gasteiger partial charge in [0.1, 0.15) is 5.82 Å². The van der Waals surface area contributed by atoms with E-state index in [-0.39, 0.29) is 0 Å². The lowest BCUT2D eigenvalue weighted by Gasteiger charge is -2.27. The second-order valence-corrected chi connectivity index (χ2v) is 5.22. The van der Waals surface area contributed by atoms with Crippen molar-refractivity contribution in [3.63, 3.8) is 0 Å². The van der Waals surface area contributed by atoms with Crippen molar-refractivity contribution in [1.29, 1.82) is 0 Å². The molecule has 0 aliphatic carbocycles. The summed E-state index contributed by atoms with van der Waals surface area (Å²) >= 11 is 0. The van der Waals surface area contributed by atoms with Crippen LogP contribution in [-0.2, 0) is 16.0 Å². The van der Waals surface area contributed by atoms with Gasteiger partial charge >= 0.3 is 0 Å². The lowest BCUT2D eigenvalue weighted by atomic mass is 9.96. The summed E-state index contributed by atoms with van der Waals surface area (Å²) in [6, 6.07) is 4.02. The molecule has 0 amide bonds. The topological polar surface area (TPSA) is 60.6 Å². The molecule has 104 valence electrons. The van der Waals surface area contributed by atoms with E-state index >= 15 is 0 Å². The van der Waals surface area contributed by atoms with Crippen molar-refractivity contribution in [1.82, 2.24) is 9.88 Å². The predicted molar refractivity (Wildman–Crippen MR) is 72.9 cm³/mol. The van der Waals surface area contributed by atoms with Gasteiger partial charge in [0, 0.05) is 32.2 Å². The van der Waals surface area contributed by atoms with Crippen molar-refractivity contribution in [2.45, 2.75) is 18.9 Å². The number of nitrogen functional groups attached to an aromatic ring is 1. The fourth-order valence-corrected chi connectivity index (χ4v) is 2.78. The Labute approximate surface area is 113 Å². The van der Waals surface area contributed by atoms with Gasteiger partial charge in [-0.25, -0.2) is 4.98 Å². The van der Waals surface area contributed by atoms with Gasteiger partial charge in [0.2, 0.25) is 0 Å². The Bertz CT molecular complexity index is 427. The summed E-state index contributed by atoms with van der Waals surface area (Å²) in [7, 11) is 0. The third-order valence-electron chi connectivity index (χ3n) is 3.88. The minimum Gasteiger partial charge on any atom is -0.384 e. The maximum atomic E-state index is 5.85. The molecule has 19 heavy (non-hydrogen) atoms. The third kappa shape index (κ3) is 3.05. The highest BCUT2D eigenvalue weighted by Gasteiger charge is 2.23. The van der Waals surface area contributed by atoms with E-state index in [0.29, 0.717) is 11.7 Å². The van der Waals surface area contributed by atoms with Gasteiger partial charge in [-0.15, -0.1) is 0 Å². The lowest BCUT2D eigenvalue weighted by molar-refractivity contribution is 0.0335. The van der Waals surface area contributed by atoms with Crippen LogP contribution in [0.15, 0.2) is 12.1 Å². The molecule has 0 radical (unpaired) electrons. The molecule has 2 aliphatic rings. The Morgan fingerprint density at radius 1 is 1.21 bits per heavy atom. The molecule has 2 saturated heterocycles. The van der Waals surface area contributed by atoms with Gasteiger partial charge in [-0.2, -0.15) is 0 Å². The second-order valence-electron chi connectivity index (χ2n) is 5.22. The zero-order valence-electron chi connectivity index (χ0n) is 11.2. The summed E-state index contributed by atoms with van der Waals surface area (Å²) in [6.45, 7) is 6.08. The highest BCUT2D eigenvalue weighted by molar-refractivity contribution is 5.36. The number of pyridine rings is 1.